The number of ether oxygens (including phenoxy) is 1. The molecule has 19 heavy (non-hydrogen) atoms. The van der Waals surface area contributed by atoms with Gasteiger partial charge < -0.3 is 10.1 Å². The molecule has 0 aliphatic heterocycles. The molecule has 0 saturated heterocycles. The zero-order valence-electron chi connectivity index (χ0n) is 12.0. The van der Waals surface area contributed by atoms with Gasteiger partial charge in [0, 0.05) is 26.8 Å². The molecule has 0 aliphatic rings. The minimum Gasteiger partial charge on any atom is -0.481 e. The smallest absolute Gasteiger partial charge is 0.216 e. The van der Waals surface area contributed by atoms with Gasteiger partial charge in [0.2, 0.25) is 5.88 Å². The van der Waals surface area contributed by atoms with Gasteiger partial charge in [0.1, 0.15) is 0 Å². The first kappa shape index (κ1) is 13.6. The number of nitrogens with one attached hydrogen (secondary N) is 1. The SMILES string of the molecule is COc1c(CNCCc2cnn(C)c2)c(C)nn1C. The van der Waals surface area contributed by atoms with Crippen LogP contribution in [-0.4, -0.2) is 33.2 Å². The number of aryl methyl sites for hydroxylation is 3. The fourth-order valence-electron chi connectivity index (χ4n) is 2.19. The Hall–Kier alpha value is -1.82. The number of aromatic nitrogens is 4. The van der Waals surface area contributed by atoms with Crippen molar-refractivity contribution in [2.75, 3.05) is 13.7 Å². The number of nitrogens with zero attached hydrogens (tertiary/aromatic N) is 4. The first-order chi connectivity index (χ1) is 9.11. The van der Waals surface area contributed by atoms with E-state index in [1.54, 1.807) is 11.8 Å². The zero-order valence-corrected chi connectivity index (χ0v) is 12.0. The van der Waals surface area contributed by atoms with Crippen molar-refractivity contribution >= 4 is 0 Å². The molecule has 0 aliphatic carbocycles. The van der Waals surface area contributed by atoms with Crippen LogP contribution in [0.5, 0.6) is 5.88 Å². The highest BCUT2D eigenvalue weighted by molar-refractivity contribution is 5.30. The highest BCUT2D eigenvalue weighted by Gasteiger charge is 2.12. The lowest BCUT2D eigenvalue weighted by Gasteiger charge is -2.06. The van der Waals surface area contributed by atoms with Crippen molar-refractivity contribution in [1.29, 1.82) is 0 Å². The summed E-state index contributed by atoms with van der Waals surface area (Å²) < 4.78 is 8.96. The topological polar surface area (TPSA) is 56.9 Å². The Balaban J connectivity index is 1.86. The Bertz CT molecular complexity index is 543. The molecule has 2 heterocycles. The third-order valence-electron chi connectivity index (χ3n) is 3.13. The first-order valence-corrected chi connectivity index (χ1v) is 6.36. The van der Waals surface area contributed by atoms with E-state index >= 15 is 0 Å². The maximum atomic E-state index is 5.36. The normalized spacial score (nSPS) is 10.9. The van der Waals surface area contributed by atoms with Crippen LogP contribution in [0.3, 0.4) is 0 Å². The van der Waals surface area contributed by atoms with Gasteiger partial charge in [-0.25, -0.2) is 4.68 Å². The van der Waals surface area contributed by atoms with E-state index in [0.29, 0.717) is 0 Å². The number of methoxy groups -OCH3 is 1. The molecule has 0 unspecified atom stereocenters. The maximum Gasteiger partial charge on any atom is 0.216 e. The molecule has 104 valence electrons. The van der Waals surface area contributed by atoms with Crippen LogP contribution >= 0.6 is 0 Å². The second-order valence-electron chi connectivity index (χ2n) is 4.65. The van der Waals surface area contributed by atoms with Gasteiger partial charge in [0.15, 0.2) is 0 Å². The highest BCUT2D eigenvalue weighted by atomic mass is 16.5. The summed E-state index contributed by atoms with van der Waals surface area (Å²) in [5.41, 5.74) is 3.37. The van der Waals surface area contributed by atoms with Gasteiger partial charge in [-0.2, -0.15) is 10.2 Å². The number of hydrogen-bond acceptors (Lipinski definition) is 4. The summed E-state index contributed by atoms with van der Waals surface area (Å²) >= 11 is 0. The Kier molecular flexibility index (Phi) is 4.21. The first-order valence-electron chi connectivity index (χ1n) is 6.36. The molecule has 0 spiro atoms. The summed E-state index contributed by atoms with van der Waals surface area (Å²) in [5, 5.41) is 11.9. The minimum absolute atomic E-state index is 0.767. The van der Waals surface area contributed by atoms with Gasteiger partial charge >= 0.3 is 0 Å². The summed E-state index contributed by atoms with van der Waals surface area (Å²) in [7, 11) is 5.50. The monoisotopic (exact) mass is 263 g/mol. The van der Waals surface area contributed by atoms with E-state index in [9.17, 15) is 0 Å². The molecule has 0 bridgehead atoms. The average Bonchev–Trinajstić information content (AvgIpc) is 2.89. The number of hydrogen-bond donors (Lipinski definition) is 1. The van der Waals surface area contributed by atoms with E-state index in [0.717, 1.165) is 36.6 Å². The molecule has 0 aromatic carbocycles. The van der Waals surface area contributed by atoms with Gasteiger partial charge in [-0.15, -0.1) is 0 Å². The van der Waals surface area contributed by atoms with Crippen molar-refractivity contribution in [1.82, 2.24) is 24.9 Å². The van der Waals surface area contributed by atoms with E-state index in [4.69, 9.17) is 4.74 Å². The summed E-state index contributed by atoms with van der Waals surface area (Å²) in [6.45, 7) is 3.67. The van der Waals surface area contributed by atoms with Gasteiger partial charge in [-0.1, -0.05) is 0 Å². The Morgan fingerprint density at radius 2 is 2.16 bits per heavy atom. The lowest BCUT2D eigenvalue weighted by Crippen LogP contribution is -2.17. The molecular weight excluding hydrogens is 242 g/mol. The number of rotatable bonds is 6. The lowest BCUT2D eigenvalue weighted by atomic mass is 10.2. The van der Waals surface area contributed by atoms with E-state index in [2.05, 4.69) is 15.5 Å². The fraction of sp³-hybridized carbons (Fsp3) is 0.538. The van der Waals surface area contributed by atoms with Gasteiger partial charge in [0.05, 0.1) is 24.6 Å². The van der Waals surface area contributed by atoms with Crippen LogP contribution in [0.2, 0.25) is 0 Å². The zero-order chi connectivity index (χ0) is 13.8. The Morgan fingerprint density at radius 3 is 2.79 bits per heavy atom. The molecule has 2 aromatic heterocycles. The molecule has 0 fully saturated rings. The maximum absolute atomic E-state index is 5.36. The predicted molar refractivity (Wildman–Crippen MR) is 73.1 cm³/mol. The van der Waals surface area contributed by atoms with Gasteiger partial charge in [0.25, 0.3) is 0 Å². The third kappa shape index (κ3) is 3.14. The van der Waals surface area contributed by atoms with E-state index < -0.39 is 0 Å². The van der Waals surface area contributed by atoms with Gasteiger partial charge in [-0.3, -0.25) is 4.68 Å². The molecule has 2 rings (SSSR count). The molecule has 0 saturated carbocycles. The quantitative estimate of drug-likeness (QED) is 0.783. The van der Waals surface area contributed by atoms with E-state index in [-0.39, 0.29) is 0 Å². The minimum atomic E-state index is 0.767. The molecule has 0 radical (unpaired) electrons. The van der Waals surface area contributed by atoms with Crippen LogP contribution in [0.1, 0.15) is 16.8 Å². The second kappa shape index (κ2) is 5.88. The molecule has 1 N–H and O–H groups in total. The summed E-state index contributed by atoms with van der Waals surface area (Å²) in [6.07, 6.45) is 4.91. The Labute approximate surface area is 113 Å². The fourth-order valence-corrected chi connectivity index (χ4v) is 2.19. The second-order valence-corrected chi connectivity index (χ2v) is 4.65. The van der Waals surface area contributed by atoms with E-state index in [1.807, 2.05) is 38.1 Å². The molecule has 6 nitrogen and oxygen atoms in total. The van der Waals surface area contributed by atoms with Crippen molar-refractivity contribution in [3.63, 3.8) is 0 Å². The van der Waals surface area contributed by atoms with Crippen molar-refractivity contribution in [2.45, 2.75) is 19.9 Å². The van der Waals surface area contributed by atoms with Crippen molar-refractivity contribution in [2.24, 2.45) is 14.1 Å². The van der Waals surface area contributed by atoms with Crippen LogP contribution in [-0.2, 0) is 27.1 Å². The third-order valence-corrected chi connectivity index (χ3v) is 3.13. The Morgan fingerprint density at radius 1 is 1.37 bits per heavy atom. The predicted octanol–water partition coefficient (Wildman–Crippen LogP) is 0.803. The lowest BCUT2D eigenvalue weighted by molar-refractivity contribution is 0.368. The van der Waals surface area contributed by atoms with Crippen LogP contribution in [0, 0.1) is 6.92 Å². The van der Waals surface area contributed by atoms with Crippen LogP contribution < -0.4 is 10.1 Å². The molecular formula is C13H21N5O. The summed E-state index contributed by atoms with van der Waals surface area (Å²) in [4.78, 5) is 0. The van der Waals surface area contributed by atoms with Crippen LogP contribution in [0.15, 0.2) is 12.4 Å². The highest BCUT2D eigenvalue weighted by Crippen LogP contribution is 2.20. The van der Waals surface area contributed by atoms with E-state index in [1.165, 1.54) is 5.56 Å². The molecule has 2 aromatic rings. The standard InChI is InChI=1S/C13H21N5O/c1-10-12(13(19-4)18(3)16-10)8-14-6-5-11-7-15-17(2)9-11/h7,9,14H,5-6,8H2,1-4H3. The molecule has 6 heteroatoms. The van der Waals surface area contributed by atoms with Gasteiger partial charge in [-0.05, 0) is 25.5 Å². The van der Waals surface area contributed by atoms with Crippen LogP contribution in [0.4, 0.5) is 0 Å². The van der Waals surface area contributed by atoms with Crippen molar-refractivity contribution < 1.29 is 4.74 Å². The summed E-state index contributed by atoms with van der Waals surface area (Å²) in [6, 6.07) is 0. The van der Waals surface area contributed by atoms with Crippen molar-refractivity contribution in [3.8, 4) is 5.88 Å². The van der Waals surface area contributed by atoms with Crippen molar-refractivity contribution in [3.05, 3.63) is 29.2 Å². The van der Waals surface area contributed by atoms with Crippen LogP contribution in [0.25, 0.3) is 0 Å². The molecule has 0 amide bonds. The largest absolute Gasteiger partial charge is 0.481 e. The molecule has 0 atom stereocenters. The average molecular weight is 263 g/mol. The summed E-state index contributed by atoms with van der Waals surface area (Å²) in [5.74, 6) is 0.825.